The van der Waals surface area contributed by atoms with Crippen LogP contribution in [0.3, 0.4) is 0 Å². The van der Waals surface area contributed by atoms with Gasteiger partial charge in [-0.15, -0.1) is 15.0 Å². The molecule has 1 heterocycles. The number of aryl methyl sites for hydroxylation is 1. The van der Waals surface area contributed by atoms with Crippen molar-refractivity contribution >= 4 is 41.2 Å². The van der Waals surface area contributed by atoms with Gasteiger partial charge in [-0.2, -0.15) is 5.26 Å². The maximum atomic E-state index is 10.7. The van der Waals surface area contributed by atoms with Crippen molar-refractivity contribution in [2.24, 2.45) is 0 Å². The van der Waals surface area contributed by atoms with Crippen LogP contribution in [-0.2, 0) is 26.3 Å². The zero-order chi connectivity index (χ0) is 27.4. The van der Waals surface area contributed by atoms with Crippen molar-refractivity contribution in [2.75, 3.05) is 14.2 Å². The molecule has 1 N–H and O–H groups in total. The molecular formula is C26H28ClN4O4PS. The maximum Gasteiger partial charge on any atom is 0.380 e. The minimum Gasteiger partial charge on any atom is -0.505 e. The van der Waals surface area contributed by atoms with Gasteiger partial charge in [0.2, 0.25) is 0 Å². The van der Waals surface area contributed by atoms with Crippen molar-refractivity contribution < 1.29 is 18.7 Å². The fourth-order valence-corrected chi connectivity index (χ4v) is 4.45. The lowest BCUT2D eigenvalue weighted by Gasteiger charge is -2.22. The summed E-state index contributed by atoms with van der Waals surface area (Å²) in [6.45, 7) is 5.52. The smallest absolute Gasteiger partial charge is 0.380 e. The number of fused-ring (bicyclic) bond motifs is 1. The third-order valence-electron chi connectivity index (χ3n) is 5.25. The number of aromatic nitrogens is 3. The summed E-state index contributed by atoms with van der Waals surface area (Å²) in [5, 5.41) is 28.7. The molecule has 0 radical (unpaired) electrons. The topological polar surface area (TPSA) is 102 Å². The van der Waals surface area contributed by atoms with E-state index in [1.54, 1.807) is 36.4 Å². The van der Waals surface area contributed by atoms with Crippen molar-refractivity contribution in [1.82, 2.24) is 15.0 Å². The Balaban J connectivity index is 0.000000222. The van der Waals surface area contributed by atoms with E-state index in [4.69, 9.17) is 42.2 Å². The molecular weight excluding hydrogens is 531 g/mol. The molecule has 4 aromatic rings. The van der Waals surface area contributed by atoms with Crippen LogP contribution in [0.2, 0.25) is 5.02 Å². The van der Waals surface area contributed by atoms with Gasteiger partial charge in [0, 0.05) is 36.6 Å². The normalized spacial score (nSPS) is 11.5. The highest BCUT2D eigenvalue weighted by Crippen LogP contribution is 2.48. The van der Waals surface area contributed by atoms with Gasteiger partial charge in [-0.25, -0.2) is 0 Å². The Labute approximate surface area is 226 Å². The van der Waals surface area contributed by atoms with Gasteiger partial charge < -0.3 is 18.7 Å². The zero-order valence-electron chi connectivity index (χ0n) is 21.4. The lowest BCUT2D eigenvalue weighted by molar-refractivity contribution is 0.273. The highest BCUT2D eigenvalue weighted by atomic mass is 35.5. The second-order valence-corrected chi connectivity index (χ2v) is 12.7. The van der Waals surface area contributed by atoms with E-state index in [2.05, 4.69) is 31.0 Å². The van der Waals surface area contributed by atoms with E-state index in [0.29, 0.717) is 27.5 Å². The summed E-state index contributed by atoms with van der Waals surface area (Å²) >= 11 is 11.0. The molecule has 3 aromatic carbocycles. The fraction of sp³-hybridized carbons (Fsp3) is 0.269. The average molecular weight is 559 g/mol. The van der Waals surface area contributed by atoms with Crippen LogP contribution in [0.15, 0.2) is 54.6 Å². The second kappa shape index (κ2) is 11.6. The predicted octanol–water partition coefficient (Wildman–Crippen LogP) is 6.84. The third kappa shape index (κ3) is 7.07. The van der Waals surface area contributed by atoms with E-state index in [0.717, 1.165) is 16.6 Å². The largest absolute Gasteiger partial charge is 0.505 e. The molecule has 0 aliphatic carbocycles. The average Bonchev–Trinajstić information content (AvgIpc) is 3.28. The molecule has 0 aliphatic heterocycles. The van der Waals surface area contributed by atoms with Crippen molar-refractivity contribution in [3.8, 4) is 23.3 Å². The first kappa shape index (κ1) is 28.6. The Morgan fingerprint density at radius 3 is 2.19 bits per heavy atom. The molecule has 194 valence electrons. The Hall–Kier alpha value is -2.99. The number of halogens is 1. The molecule has 0 saturated carbocycles. The van der Waals surface area contributed by atoms with E-state index >= 15 is 0 Å². The van der Waals surface area contributed by atoms with Gasteiger partial charge in [0.05, 0.1) is 11.6 Å². The molecule has 37 heavy (non-hydrogen) atoms. The predicted molar refractivity (Wildman–Crippen MR) is 149 cm³/mol. The molecule has 0 atom stereocenters. The number of hydrogen-bond donors (Lipinski definition) is 1. The van der Waals surface area contributed by atoms with E-state index in [9.17, 15) is 5.11 Å². The summed E-state index contributed by atoms with van der Waals surface area (Å²) in [4.78, 5) is 1.47. The highest BCUT2D eigenvalue weighted by molar-refractivity contribution is 8.07. The Morgan fingerprint density at radius 2 is 1.62 bits per heavy atom. The molecule has 11 heteroatoms. The number of hydrogen-bond acceptors (Lipinski definition) is 8. The Kier molecular flexibility index (Phi) is 8.96. The maximum absolute atomic E-state index is 10.7. The summed E-state index contributed by atoms with van der Waals surface area (Å²) in [7, 11) is 2.88. The van der Waals surface area contributed by atoms with Crippen LogP contribution >= 0.6 is 18.3 Å². The first-order valence-electron chi connectivity index (χ1n) is 11.2. The van der Waals surface area contributed by atoms with E-state index in [1.807, 2.05) is 31.2 Å². The van der Waals surface area contributed by atoms with Crippen LogP contribution in [0, 0.1) is 18.3 Å². The molecule has 0 unspecified atom stereocenters. The van der Waals surface area contributed by atoms with Gasteiger partial charge in [0.1, 0.15) is 28.2 Å². The van der Waals surface area contributed by atoms with Crippen LogP contribution in [-0.4, -0.2) is 34.3 Å². The molecule has 0 aliphatic rings. The lowest BCUT2D eigenvalue weighted by atomic mass is 9.85. The zero-order valence-corrected chi connectivity index (χ0v) is 23.9. The number of rotatable bonds is 5. The number of nitrogens with zero attached hydrogens (tertiary/aromatic N) is 4. The first-order valence-corrected chi connectivity index (χ1v) is 14.1. The van der Waals surface area contributed by atoms with Crippen LogP contribution in [0.1, 0.15) is 37.5 Å². The second-order valence-electron chi connectivity index (χ2n) is 9.09. The van der Waals surface area contributed by atoms with Gasteiger partial charge >= 0.3 is 6.72 Å². The van der Waals surface area contributed by atoms with E-state index in [1.165, 1.54) is 19.0 Å². The standard InChI is InChI=1S/C17H18ClN3O.C9H10NO3PS/c1-10-7-12(17(2,3)4)16(22)15(8-10)21-19-13-6-5-11(18)9-14(13)20-21;1-11-14(15,12-2)13-9-5-3-8(7-10)4-6-9/h5-9,22H,1-4H3;3-6H,1-2H3. The fourth-order valence-electron chi connectivity index (χ4n) is 3.35. The number of aromatic hydroxyl groups is 1. The number of phenolic OH excluding ortho intramolecular Hbond substituents is 1. The third-order valence-corrected chi connectivity index (χ3v) is 7.93. The van der Waals surface area contributed by atoms with Crippen molar-refractivity contribution in [3.63, 3.8) is 0 Å². The monoisotopic (exact) mass is 558 g/mol. The van der Waals surface area contributed by atoms with Gasteiger partial charge in [-0.05, 0) is 66.4 Å². The van der Waals surface area contributed by atoms with Crippen LogP contribution in [0.4, 0.5) is 0 Å². The summed E-state index contributed by atoms with van der Waals surface area (Å²) in [6.07, 6.45) is 0. The van der Waals surface area contributed by atoms with Crippen molar-refractivity contribution in [2.45, 2.75) is 33.1 Å². The van der Waals surface area contributed by atoms with Gasteiger partial charge in [-0.3, -0.25) is 0 Å². The number of benzene rings is 3. The van der Waals surface area contributed by atoms with E-state index in [-0.39, 0.29) is 11.2 Å². The van der Waals surface area contributed by atoms with E-state index < -0.39 is 6.72 Å². The molecule has 0 amide bonds. The van der Waals surface area contributed by atoms with Gasteiger partial charge in [0.15, 0.2) is 0 Å². The number of nitriles is 1. The van der Waals surface area contributed by atoms with Gasteiger partial charge in [0.25, 0.3) is 0 Å². The van der Waals surface area contributed by atoms with Crippen molar-refractivity contribution in [1.29, 1.82) is 5.26 Å². The lowest BCUT2D eigenvalue weighted by Crippen LogP contribution is -2.13. The summed E-state index contributed by atoms with van der Waals surface area (Å²) < 4.78 is 15.3. The summed E-state index contributed by atoms with van der Waals surface area (Å²) in [5.41, 5.74) is 4.34. The van der Waals surface area contributed by atoms with Gasteiger partial charge in [-0.1, -0.05) is 38.4 Å². The SMILES string of the molecule is COP(=S)(OC)Oc1ccc(C#N)cc1.Cc1cc(-n2nc3ccc(Cl)cc3n2)c(O)c(C(C)(C)C)c1. The molecule has 8 nitrogen and oxygen atoms in total. The first-order chi connectivity index (χ1) is 17.4. The molecule has 0 saturated heterocycles. The minimum absolute atomic E-state index is 0.166. The molecule has 0 bridgehead atoms. The Bertz CT molecular complexity index is 1490. The Morgan fingerprint density at radius 1 is 1.00 bits per heavy atom. The summed E-state index contributed by atoms with van der Waals surface area (Å²) in [6, 6.07) is 17.8. The molecule has 0 fully saturated rings. The highest BCUT2D eigenvalue weighted by Gasteiger charge is 2.22. The van der Waals surface area contributed by atoms with Crippen LogP contribution < -0.4 is 4.52 Å². The molecule has 1 aromatic heterocycles. The van der Waals surface area contributed by atoms with Crippen molar-refractivity contribution in [3.05, 3.63) is 76.3 Å². The molecule has 4 rings (SSSR count). The quantitative estimate of drug-likeness (QED) is 0.266. The van der Waals surface area contributed by atoms with Crippen LogP contribution in [0.25, 0.3) is 16.7 Å². The number of phenols is 1. The summed E-state index contributed by atoms with van der Waals surface area (Å²) in [5.74, 6) is 0.741. The minimum atomic E-state index is -2.68. The molecule has 0 spiro atoms. The van der Waals surface area contributed by atoms with Crippen LogP contribution in [0.5, 0.6) is 11.5 Å².